The van der Waals surface area contributed by atoms with E-state index in [0.29, 0.717) is 43.0 Å². The van der Waals surface area contributed by atoms with Crippen LogP contribution < -0.4 is 0 Å². The van der Waals surface area contributed by atoms with Crippen LogP contribution in [-0.4, -0.2) is 25.2 Å². The van der Waals surface area contributed by atoms with Crippen LogP contribution in [-0.2, 0) is 19.1 Å². The van der Waals surface area contributed by atoms with Crippen molar-refractivity contribution in [1.29, 1.82) is 0 Å². The molecule has 0 N–H and O–H groups in total. The van der Waals surface area contributed by atoms with Gasteiger partial charge in [-0.3, -0.25) is 4.79 Å². The Kier molecular flexibility index (Phi) is 24.0. The molecule has 0 saturated heterocycles. The van der Waals surface area contributed by atoms with Crippen molar-refractivity contribution in [2.24, 2.45) is 59.2 Å². The van der Waals surface area contributed by atoms with Gasteiger partial charge in [0.1, 0.15) is 0 Å². The molecule has 330 valence electrons. The molecule has 4 heteroatoms. The summed E-state index contributed by atoms with van der Waals surface area (Å²) < 4.78 is 11.4. The van der Waals surface area contributed by atoms with E-state index in [-0.39, 0.29) is 11.9 Å². The molecule has 10 unspecified atom stereocenters. The van der Waals surface area contributed by atoms with Crippen molar-refractivity contribution in [3.05, 3.63) is 12.2 Å². The van der Waals surface area contributed by atoms with Crippen LogP contribution in [0.15, 0.2) is 12.2 Å². The summed E-state index contributed by atoms with van der Waals surface area (Å²) in [7, 11) is 0. The minimum absolute atomic E-state index is 0.0220. The molecule has 4 nitrogen and oxygen atoms in total. The maximum atomic E-state index is 12.7. The minimum Gasteiger partial charge on any atom is -0.465 e. The number of rotatable bonds is 33. The second-order valence-electron chi connectivity index (χ2n) is 20.4. The monoisotopic (exact) mass is 795 g/mol. The number of hydrogen-bond acceptors (Lipinski definition) is 4. The van der Waals surface area contributed by atoms with E-state index in [4.69, 9.17) is 9.47 Å². The number of unbranched alkanes of at least 4 members (excludes halogenated alkanes) is 18. The maximum absolute atomic E-state index is 12.7. The molecule has 4 saturated carbocycles. The highest BCUT2D eigenvalue weighted by Gasteiger charge is 2.56. The maximum Gasteiger partial charge on any atom is 0.333 e. The van der Waals surface area contributed by atoms with Crippen LogP contribution in [0.2, 0.25) is 0 Å². The normalized spacial score (nSPS) is 29.1. The van der Waals surface area contributed by atoms with Gasteiger partial charge in [0, 0.05) is 12.0 Å². The zero-order valence-electron chi connectivity index (χ0n) is 38.4. The number of esters is 2. The van der Waals surface area contributed by atoms with Crippen LogP contribution in [0.4, 0.5) is 0 Å². The van der Waals surface area contributed by atoms with Gasteiger partial charge < -0.3 is 9.47 Å². The van der Waals surface area contributed by atoms with Gasteiger partial charge in [0.2, 0.25) is 0 Å². The van der Waals surface area contributed by atoms with Gasteiger partial charge in [-0.2, -0.15) is 0 Å². The average Bonchev–Trinajstić information content (AvgIpc) is 3.92. The van der Waals surface area contributed by atoms with Crippen LogP contribution in [0.5, 0.6) is 0 Å². The van der Waals surface area contributed by atoms with Gasteiger partial charge in [-0.15, -0.1) is 0 Å². The Bertz CT molecular complexity index is 1100. The van der Waals surface area contributed by atoms with E-state index in [9.17, 15) is 9.59 Å². The fourth-order valence-electron chi connectivity index (χ4n) is 13.0. The van der Waals surface area contributed by atoms with Crippen molar-refractivity contribution < 1.29 is 19.1 Å². The van der Waals surface area contributed by atoms with Crippen molar-refractivity contribution >= 4 is 11.9 Å². The molecular weight excluding hydrogens is 701 g/mol. The molecule has 0 spiro atoms. The molecule has 2 bridgehead atoms. The lowest BCUT2D eigenvalue weighted by molar-refractivity contribution is -0.145. The SMILES string of the molecule is C=C(C)C(=O)OCC1CC2CC1C1CC(COC(=O)CCCCCCCCC3C(CCCCCC)CCC(CCCCCCCC)C3CCCCCCCC)CC21. The lowest BCUT2D eigenvalue weighted by Gasteiger charge is -2.44. The molecule has 4 fully saturated rings. The second-order valence-corrected chi connectivity index (χ2v) is 20.4. The number of carbonyl (C=O) groups is 2. The third-order valence-electron chi connectivity index (χ3n) is 16.0. The Hall–Kier alpha value is -1.32. The Morgan fingerprint density at radius 1 is 0.491 bits per heavy atom. The summed E-state index contributed by atoms with van der Waals surface area (Å²) in [6.07, 6.45) is 44.9. The van der Waals surface area contributed by atoms with Gasteiger partial charge in [-0.05, 0) is 124 Å². The van der Waals surface area contributed by atoms with Gasteiger partial charge in [0.15, 0.2) is 0 Å². The smallest absolute Gasteiger partial charge is 0.333 e. The van der Waals surface area contributed by atoms with Gasteiger partial charge in [0.05, 0.1) is 13.2 Å². The molecule has 0 amide bonds. The Labute approximate surface area is 354 Å². The quantitative estimate of drug-likeness (QED) is 0.0377. The van der Waals surface area contributed by atoms with E-state index in [0.717, 1.165) is 54.3 Å². The first kappa shape index (κ1) is 48.3. The van der Waals surface area contributed by atoms with Crippen molar-refractivity contribution in [3.63, 3.8) is 0 Å². The van der Waals surface area contributed by atoms with E-state index in [1.807, 2.05) is 0 Å². The Balaban J connectivity index is 1.13. The molecule has 4 aliphatic rings. The Morgan fingerprint density at radius 3 is 1.51 bits per heavy atom. The summed E-state index contributed by atoms with van der Waals surface area (Å²) in [4.78, 5) is 24.7. The highest BCUT2D eigenvalue weighted by Crippen LogP contribution is 2.62. The molecule has 0 aliphatic heterocycles. The highest BCUT2D eigenvalue weighted by molar-refractivity contribution is 5.86. The van der Waals surface area contributed by atoms with E-state index >= 15 is 0 Å². The summed E-state index contributed by atoms with van der Waals surface area (Å²) >= 11 is 0. The molecular formula is C53H94O4. The van der Waals surface area contributed by atoms with Crippen molar-refractivity contribution in [2.45, 2.75) is 240 Å². The van der Waals surface area contributed by atoms with E-state index in [2.05, 4.69) is 27.4 Å². The van der Waals surface area contributed by atoms with Crippen LogP contribution in [0.3, 0.4) is 0 Å². The first-order valence-electron chi connectivity index (χ1n) is 25.8. The molecule has 4 rings (SSSR count). The molecule has 10 atom stereocenters. The minimum atomic E-state index is -0.249. The summed E-state index contributed by atoms with van der Waals surface area (Å²) in [5, 5.41) is 0. The van der Waals surface area contributed by atoms with E-state index < -0.39 is 0 Å². The number of hydrogen-bond donors (Lipinski definition) is 0. The van der Waals surface area contributed by atoms with Crippen LogP contribution >= 0.6 is 0 Å². The summed E-state index contributed by atoms with van der Waals surface area (Å²) in [5.74, 6) is 7.69. The van der Waals surface area contributed by atoms with E-state index in [1.165, 1.54) is 193 Å². The lowest BCUT2D eigenvalue weighted by Crippen LogP contribution is -2.35. The second kappa shape index (κ2) is 28.3. The predicted octanol–water partition coefficient (Wildman–Crippen LogP) is 15.8. The third-order valence-corrected chi connectivity index (χ3v) is 16.0. The number of fused-ring (bicyclic) bond motifs is 5. The molecule has 0 radical (unpaired) electrons. The average molecular weight is 795 g/mol. The van der Waals surface area contributed by atoms with Crippen LogP contribution in [0.25, 0.3) is 0 Å². The predicted molar refractivity (Wildman–Crippen MR) is 241 cm³/mol. The molecule has 57 heavy (non-hydrogen) atoms. The first-order chi connectivity index (χ1) is 27.9. The standard InChI is InChI=1S/C53H94O4/c1-6-9-12-15-19-24-29-44-34-33-43(28-23-14-11-8-3)47(48(44)30-25-20-16-13-10-7-2)31-26-21-17-18-22-27-32-52(54)56-39-42-35-49-45-37-46(40-57-53(55)41(4)5)50(38-45)51(49)36-42/h42-51H,4,6-40H2,1-3,5H3. The van der Waals surface area contributed by atoms with E-state index in [1.54, 1.807) is 6.92 Å². The fourth-order valence-corrected chi connectivity index (χ4v) is 13.0. The fraction of sp³-hybridized carbons (Fsp3) is 0.925. The van der Waals surface area contributed by atoms with Crippen LogP contribution in [0, 0.1) is 59.2 Å². The Morgan fingerprint density at radius 2 is 0.965 bits per heavy atom. The largest absolute Gasteiger partial charge is 0.465 e. The summed E-state index contributed by atoms with van der Waals surface area (Å²) in [6.45, 7) is 13.6. The first-order valence-corrected chi connectivity index (χ1v) is 25.8. The number of carbonyl (C=O) groups excluding carboxylic acids is 2. The van der Waals surface area contributed by atoms with Gasteiger partial charge in [-0.25, -0.2) is 4.79 Å². The zero-order valence-corrected chi connectivity index (χ0v) is 38.4. The van der Waals surface area contributed by atoms with Gasteiger partial charge in [0.25, 0.3) is 0 Å². The van der Waals surface area contributed by atoms with Gasteiger partial charge >= 0.3 is 11.9 Å². The topological polar surface area (TPSA) is 52.6 Å². The molecule has 0 heterocycles. The van der Waals surface area contributed by atoms with Crippen LogP contribution in [0.1, 0.15) is 240 Å². The molecule has 0 aromatic carbocycles. The number of ether oxygens (including phenoxy) is 2. The van der Waals surface area contributed by atoms with Crippen molar-refractivity contribution in [2.75, 3.05) is 13.2 Å². The summed E-state index contributed by atoms with van der Waals surface area (Å²) in [5.41, 5.74) is 0.489. The zero-order chi connectivity index (χ0) is 40.7. The van der Waals surface area contributed by atoms with Crippen molar-refractivity contribution in [3.8, 4) is 0 Å². The third kappa shape index (κ3) is 16.9. The lowest BCUT2D eigenvalue weighted by atomic mass is 9.61. The molecule has 0 aromatic rings. The highest BCUT2D eigenvalue weighted by atomic mass is 16.5. The summed E-state index contributed by atoms with van der Waals surface area (Å²) in [6, 6.07) is 0. The van der Waals surface area contributed by atoms with Crippen molar-refractivity contribution in [1.82, 2.24) is 0 Å². The molecule has 4 aliphatic carbocycles. The van der Waals surface area contributed by atoms with Gasteiger partial charge in [-0.1, -0.05) is 175 Å². The molecule has 0 aromatic heterocycles.